The summed E-state index contributed by atoms with van der Waals surface area (Å²) < 4.78 is 33.1. The molecule has 0 spiro atoms. The molecule has 0 aliphatic heterocycles. The van der Waals surface area contributed by atoms with Gasteiger partial charge in [0.2, 0.25) is 10.0 Å². The van der Waals surface area contributed by atoms with Gasteiger partial charge >= 0.3 is 0 Å². The summed E-state index contributed by atoms with van der Waals surface area (Å²) in [7, 11) is -3.51. The predicted octanol–water partition coefficient (Wildman–Crippen LogP) is 2.84. The van der Waals surface area contributed by atoms with Crippen LogP contribution in [0.2, 0.25) is 0 Å². The average Bonchev–Trinajstić information content (AvgIpc) is 2.60. The van der Waals surface area contributed by atoms with E-state index in [1.54, 1.807) is 12.1 Å². The molecule has 1 amide bonds. The van der Waals surface area contributed by atoms with Crippen molar-refractivity contribution in [3.05, 3.63) is 24.3 Å². The summed E-state index contributed by atoms with van der Waals surface area (Å²) in [6, 6.07) is 6.21. The lowest BCUT2D eigenvalue weighted by atomic mass is 9.96. The largest absolute Gasteiger partial charge is 0.484 e. The second-order valence-electron chi connectivity index (χ2n) is 7.25. The van der Waals surface area contributed by atoms with E-state index in [0.717, 1.165) is 32.1 Å². The number of amides is 1. The summed E-state index contributed by atoms with van der Waals surface area (Å²) in [5.41, 5.74) is 0. The van der Waals surface area contributed by atoms with Crippen LogP contribution < -0.4 is 14.8 Å². The van der Waals surface area contributed by atoms with E-state index in [-0.39, 0.29) is 23.5 Å². The summed E-state index contributed by atoms with van der Waals surface area (Å²) in [6.07, 6.45) is 6.03. The van der Waals surface area contributed by atoms with E-state index in [1.165, 1.54) is 18.6 Å². The quantitative estimate of drug-likeness (QED) is 0.688. The number of nitrogens with one attached hydrogen (secondary N) is 2. The third-order valence-corrected chi connectivity index (χ3v) is 6.01. The van der Waals surface area contributed by atoms with Crippen LogP contribution in [0.25, 0.3) is 0 Å². The average molecular weight is 383 g/mol. The molecular weight excluding hydrogens is 352 g/mol. The Morgan fingerprint density at radius 1 is 1.15 bits per heavy atom. The van der Waals surface area contributed by atoms with Gasteiger partial charge in [-0.25, -0.2) is 13.1 Å². The number of rotatable bonds is 9. The van der Waals surface area contributed by atoms with E-state index in [4.69, 9.17) is 4.74 Å². The minimum Gasteiger partial charge on any atom is -0.484 e. The first-order valence-electron chi connectivity index (χ1n) is 9.39. The third kappa shape index (κ3) is 6.96. The molecule has 26 heavy (non-hydrogen) atoms. The van der Waals surface area contributed by atoms with Crippen molar-refractivity contribution in [2.45, 2.75) is 63.3 Å². The molecule has 7 heteroatoms. The van der Waals surface area contributed by atoms with Crippen LogP contribution >= 0.6 is 0 Å². The van der Waals surface area contributed by atoms with E-state index in [2.05, 4.69) is 23.9 Å². The first-order chi connectivity index (χ1) is 12.4. The normalized spacial score (nSPS) is 15.8. The second kappa shape index (κ2) is 9.92. The maximum atomic E-state index is 12.4. The summed E-state index contributed by atoms with van der Waals surface area (Å²) in [5.74, 6) is 0.829. The van der Waals surface area contributed by atoms with Crippen molar-refractivity contribution in [3.63, 3.8) is 0 Å². The molecule has 1 aromatic carbocycles. The van der Waals surface area contributed by atoms with Crippen molar-refractivity contribution in [3.8, 4) is 5.75 Å². The summed E-state index contributed by atoms with van der Waals surface area (Å²) in [4.78, 5) is 11.9. The van der Waals surface area contributed by atoms with Gasteiger partial charge in [0.15, 0.2) is 6.61 Å². The molecule has 1 saturated carbocycles. The standard InChI is InChI=1S/C19H30N2O4S/c1-15(2)12-13-20-19(22)14-25-17-8-10-18(11-9-17)26(23,24)21-16-6-4-3-5-7-16/h8-11,15-16,21H,3-7,12-14H2,1-2H3,(H,20,22). The Morgan fingerprint density at radius 3 is 2.42 bits per heavy atom. The predicted molar refractivity (Wildman–Crippen MR) is 102 cm³/mol. The fourth-order valence-electron chi connectivity index (χ4n) is 2.92. The Bertz CT molecular complexity index is 665. The van der Waals surface area contributed by atoms with Gasteiger partial charge in [0.05, 0.1) is 4.90 Å². The molecular formula is C19H30N2O4S. The van der Waals surface area contributed by atoms with Crippen LogP contribution in [-0.4, -0.2) is 33.5 Å². The zero-order valence-electron chi connectivity index (χ0n) is 15.7. The first kappa shape index (κ1) is 20.7. The molecule has 0 aromatic heterocycles. The summed E-state index contributed by atoms with van der Waals surface area (Å²) >= 11 is 0. The van der Waals surface area contributed by atoms with Crippen molar-refractivity contribution >= 4 is 15.9 Å². The van der Waals surface area contributed by atoms with E-state index in [1.807, 2.05) is 0 Å². The molecule has 0 radical (unpaired) electrons. The number of carbonyl (C=O) groups excluding carboxylic acids is 1. The molecule has 0 atom stereocenters. The molecule has 1 aromatic rings. The molecule has 0 saturated heterocycles. The monoisotopic (exact) mass is 382 g/mol. The van der Waals surface area contributed by atoms with E-state index in [9.17, 15) is 13.2 Å². The molecule has 1 fully saturated rings. The Morgan fingerprint density at radius 2 is 1.81 bits per heavy atom. The van der Waals surface area contributed by atoms with E-state index >= 15 is 0 Å². The van der Waals surface area contributed by atoms with Gasteiger partial charge in [-0.3, -0.25) is 4.79 Å². The van der Waals surface area contributed by atoms with Gasteiger partial charge < -0.3 is 10.1 Å². The Hall–Kier alpha value is -1.60. The fraction of sp³-hybridized carbons (Fsp3) is 0.632. The highest BCUT2D eigenvalue weighted by atomic mass is 32.2. The number of benzene rings is 1. The molecule has 0 bridgehead atoms. The van der Waals surface area contributed by atoms with Crippen LogP contribution in [0.5, 0.6) is 5.75 Å². The fourth-order valence-corrected chi connectivity index (χ4v) is 4.23. The lowest BCUT2D eigenvalue weighted by molar-refractivity contribution is -0.123. The van der Waals surface area contributed by atoms with Gasteiger partial charge in [-0.1, -0.05) is 33.1 Å². The summed E-state index contributed by atoms with van der Waals surface area (Å²) in [6.45, 7) is 4.75. The Kier molecular flexibility index (Phi) is 7.90. The van der Waals surface area contributed by atoms with Gasteiger partial charge in [-0.2, -0.15) is 0 Å². The number of carbonyl (C=O) groups is 1. The highest BCUT2D eigenvalue weighted by Crippen LogP contribution is 2.21. The third-order valence-electron chi connectivity index (χ3n) is 4.47. The molecule has 1 aliphatic carbocycles. The van der Waals surface area contributed by atoms with Gasteiger partial charge in [0.25, 0.3) is 5.91 Å². The highest BCUT2D eigenvalue weighted by Gasteiger charge is 2.21. The van der Waals surface area contributed by atoms with Crippen LogP contribution in [0.3, 0.4) is 0 Å². The highest BCUT2D eigenvalue weighted by molar-refractivity contribution is 7.89. The second-order valence-corrected chi connectivity index (χ2v) is 8.96. The SMILES string of the molecule is CC(C)CCNC(=O)COc1ccc(S(=O)(=O)NC2CCCCC2)cc1. The number of sulfonamides is 1. The number of ether oxygens (including phenoxy) is 1. The van der Waals surface area contributed by atoms with Crippen molar-refractivity contribution in [1.29, 1.82) is 0 Å². The van der Waals surface area contributed by atoms with Crippen molar-refractivity contribution in [2.75, 3.05) is 13.2 Å². The molecule has 0 unspecified atom stereocenters. The van der Waals surface area contributed by atoms with Gasteiger partial charge in [-0.15, -0.1) is 0 Å². The molecule has 2 rings (SSSR count). The van der Waals surface area contributed by atoms with E-state index in [0.29, 0.717) is 18.2 Å². The van der Waals surface area contributed by atoms with E-state index < -0.39 is 10.0 Å². The van der Waals surface area contributed by atoms with Crippen LogP contribution in [0.1, 0.15) is 52.4 Å². The molecule has 6 nitrogen and oxygen atoms in total. The minimum atomic E-state index is -3.51. The lowest BCUT2D eigenvalue weighted by Crippen LogP contribution is -2.36. The molecule has 0 heterocycles. The molecule has 2 N–H and O–H groups in total. The van der Waals surface area contributed by atoms with Gasteiger partial charge in [-0.05, 0) is 49.4 Å². The molecule has 146 valence electrons. The smallest absolute Gasteiger partial charge is 0.257 e. The van der Waals surface area contributed by atoms with Gasteiger partial charge in [0.1, 0.15) is 5.75 Å². The van der Waals surface area contributed by atoms with Crippen LogP contribution in [-0.2, 0) is 14.8 Å². The minimum absolute atomic E-state index is 0.0270. The maximum Gasteiger partial charge on any atom is 0.257 e. The van der Waals surface area contributed by atoms with Crippen molar-refractivity contribution in [1.82, 2.24) is 10.0 Å². The molecule has 1 aliphatic rings. The van der Waals surface area contributed by atoms with Crippen LogP contribution in [0.15, 0.2) is 29.2 Å². The zero-order valence-corrected chi connectivity index (χ0v) is 16.5. The maximum absolute atomic E-state index is 12.4. The number of hydrogen-bond acceptors (Lipinski definition) is 4. The lowest BCUT2D eigenvalue weighted by Gasteiger charge is -2.22. The Balaban J connectivity index is 1.82. The van der Waals surface area contributed by atoms with Crippen molar-refractivity contribution in [2.24, 2.45) is 5.92 Å². The zero-order chi connectivity index (χ0) is 19.0. The first-order valence-corrected chi connectivity index (χ1v) is 10.9. The van der Waals surface area contributed by atoms with Crippen LogP contribution in [0.4, 0.5) is 0 Å². The Labute approximate surface area is 156 Å². The summed E-state index contributed by atoms with van der Waals surface area (Å²) in [5, 5.41) is 2.80. The van der Waals surface area contributed by atoms with Crippen LogP contribution in [0, 0.1) is 5.92 Å². The topological polar surface area (TPSA) is 84.5 Å². The van der Waals surface area contributed by atoms with Gasteiger partial charge in [0, 0.05) is 12.6 Å². The number of hydrogen-bond donors (Lipinski definition) is 2. The van der Waals surface area contributed by atoms with Crippen molar-refractivity contribution < 1.29 is 17.9 Å².